The first kappa shape index (κ1) is 21.9. The Morgan fingerprint density at radius 3 is 2.73 bits per heavy atom. The molecule has 0 N–H and O–H groups in total. The van der Waals surface area contributed by atoms with Gasteiger partial charge in [0.2, 0.25) is 0 Å². The molecule has 2 aromatic heterocycles. The Morgan fingerprint density at radius 1 is 1.21 bits per heavy atom. The lowest BCUT2D eigenvalue weighted by Crippen LogP contribution is -2.58. The summed E-state index contributed by atoms with van der Waals surface area (Å²) in [6.07, 6.45) is 4.84. The Kier molecular flexibility index (Phi) is 5.86. The molecular formula is C23H28F2N6O2. The zero-order valence-corrected chi connectivity index (χ0v) is 18.7. The quantitative estimate of drug-likeness (QED) is 0.652. The maximum Gasteiger partial charge on any atom is 0.409 e. The number of ether oxygens (including phenoxy) is 1. The summed E-state index contributed by atoms with van der Waals surface area (Å²) in [5, 5.41) is 0. The topological polar surface area (TPSA) is 74.7 Å². The third-order valence-electron chi connectivity index (χ3n) is 7.12. The Balaban J connectivity index is 1.21. The van der Waals surface area contributed by atoms with Gasteiger partial charge in [-0.05, 0) is 38.3 Å². The summed E-state index contributed by atoms with van der Waals surface area (Å²) in [6, 6.07) is 3.42. The Labute approximate surface area is 191 Å². The molecule has 176 valence electrons. The highest BCUT2D eigenvalue weighted by Crippen LogP contribution is 2.47. The van der Waals surface area contributed by atoms with Gasteiger partial charge in [0.1, 0.15) is 11.6 Å². The van der Waals surface area contributed by atoms with Gasteiger partial charge >= 0.3 is 12.2 Å². The lowest BCUT2D eigenvalue weighted by Gasteiger charge is -2.48. The molecule has 1 spiro atoms. The molecule has 3 fully saturated rings. The predicted octanol–water partition coefficient (Wildman–Crippen LogP) is 2.95. The number of anilines is 1. The standard InChI is InChI=1S/C23H28F2N6O2/c1-2-33-22(32)31-14-23(15-31)5-3-17(12-23)29-7-9-30(10-8-29)20-18(11-16(24)13-27-20)19-4-6-26-21(25)28-19/h4,6,11,13,17H,2-3,5,7-10,12,14-15H2,1H3/t17-/m1/s1. The van der Waals surface area contributed by atoms with E-state index in [0.29, 0.717) is 29.7 Å². The Bertz CT molecular complexity index is 1020. The number of aromatic nitrogens is 3. The van der Waals surface area contributed by atoms with Crippen LogP contribution in [0.15, 0.2) is 24.5 Å². The molecule has 33 heavy (non-hydrogen) atoms. The van der Waals surface area contributed by atoms with Crippen LogP contribution in [0.3, 0.4) is 0 Å². The van der Waals surface area contributed by atoms with Gasteiger partial charge in [-0.2, -0.15) is 4.39 Å². The number of halogens is 2. The summed E-state index contributed by atoms with van der Waals surface area (Å²) in [4.78, 5) is 30.0. The molecule has 2 saturated heterocycles. The second-order valence-electron chi connectivity index (χ2n) is 9.21. The highest BCUT2D eigenvalue weighted by atomic mass is 19.1. The van der Waals surface area contributed by atoms with Crippen molar-refractivity contribution < 1.29 is 18.3 Å². The van der Waals surface area contributed by atoms with E-state index < -0.39 is 11.9 Å². The molecule has 0 aromatic carbocycles. The van der Waals surface area contributed by atoms with Crippen molar-refractivity contribution in [3.05, 3.63) is 36.4 Å². The first-order chi connectivity index (χ1) is 16.0. The molecule has 0 radical (unpaired) electrons. The maximum absolute atomic E-state index is 13.9. The molecule has 5 rings (SSSR count). The largest absolute Gasteiger partial charge is 0.450 e. The van der Waals surface area contributed by atoms with Crippen LogP contribution in [0.5, 0.6) is 0 Å². The fraction of sp³-hybridized carbons (Fsp3) is 0.565. The average molecular weight is 459 g/mol. The first-order valence-corrected chi connectivity index (χ1v) is 11.5. The van der Waals surface area contributed by atoms with E-state index >= 15 is 0 Å². The van der Waals surface area contributed by atoms with Crippen molar-refractivity contribution in [2.24, 2.45) is 5.41 Å². The number of likely N-dealkylation sites (tertiary alicyclic amines) is 1. The fourth-order valence-electron chi connectivity index (χ4n) is 5.54. The van der Waals surface area contributed by atoms with E-state index in [4.69, 9.17) is 4.74 Å². The van der Waals surface area contributed by atoms with Gasteiger partial charge in [0.25, 0.3) is 0 Å². The molecule has 0 bridgehead atoms. The van der Waals surface area contributed by atoms with E-state index in [1.807, 2.05) is 11.8 Å². The van der Waals surface area contributed by atoms with Gasteiger partial charge in [0.15, 0.2) is 0 Å². The van der Waals surface area contributed by atoms with Crippen molar-refractivity contribution >= 4 is 11.9 Å². The Morgan fingerprint density at radius 2 is 2.00 bits per heavy atom. The maximum atomic E-state index is 13.9. The van der Waals surface area contributed by atoms with E-state index in [-0.39, 0.29) is 11.5 Å². The van der Waals surface area contributed by atoms with Gasteiger partial charge in [0.05, 0.1) is 18.5 Å². The average Bonchev–Trinajstić information content (AvgIpc) is 3.24. The van der Waals surface area contributed by atoms with Crippen LogP contribution in [0, 0.1) is 17.3 Å². The number of carbonyl (C=O) groups excluding carboxylic acids is 1. The fourth-order valence-corrected chi connectivity index (χ4v) is 5.54. The number of piperazine rings is 1. The molecule has 4 heterocycles. The van der Waals surface area contributed by atoms with Crippen molar-refractivity contribution in [1.82, 2.24) is 24.8 Å². The number of nitrogens with zero attached hydrogens (tertiary/aromatic N) is 6. The zero-order valence-electron chi connectivity index (χ0n) is 18.7. The van der Waals surface area contributed by atoms with Crippen molar-refractivity contribution in [3.63, 3.8) is 0 Å². The number of amides is 1. The van der Waals surface area contributed by atoms with Crippen LogP contribution in [-0.4, -0.2) is 82.8 Å². The summed E-state index contributed by atoms with van der Waals surface area (Å²) in [5.74, 6) is 0.126. The van der Waals surface area contributed by atoms with Gasteiger partial charge < -0.3 is 14.5 Å². The molecule has 8 nitrogen and oxygen atoms in total. The summed E-state index contributed by atoms with van der Waals surface area (Å²) < 4.78 is 32.6. The third-order valence-corrected chi connectivity index (χ3v) is 7.12. The molecule has 2 aromatic rings. The minimum atomic E-state index is -0.847. The van der Waals surface area contributed by atoms with E-state index in [2.05, 4.69) is 24.8 Å². The van der Waals surface area contributed by atoms with Crippen molar-refractivity contribution in [1.29, 1.82) is 0 Å². The summed E-state index contributed by atoms with van der Waals surface area (Å²) in [5.41, 5.74) is 1.02. The van der Waals surface area contributed by atoms with E-state index in [1.165, 1.54) is 18.5 Å². The van der Waals surface area contributed by atoms with Crippen LogP contribution in [0.25, 0.3) is 11.3 Å². The van der Waals surface area contributed by atoms with Crippen molar-refractivity contribution in [3.8, 4) is 11.3 Å². The second kappa shape index (κ2) is 8.81. The van der Waals surface area contributed by atoms with Gasteiger partial charge in [-0.1, -0.05) is 0 Å². The molecule has 1 aliphatic carbocycles. The molecule has 1 atom stereocenters. The first-order valence-electron chi connectivity index (χ1n) is 11.5. The minimum absolute atomic E-state index is 0.202. The Hall–Kier alpha value is -2.88. The lowest BCUT2D eigenvalue weighted by atomic mass is 9.78. The van der Waals surface area contributed by atoms with Crippen LogP contribution in [-0.2, 0) is 4.74 Å². The predicted molar refractivity (Wildman–Crippen MR) is 118 cm³/mol. The highest BCUT2D eigenvalue weighted by molar-refractivity contribution is 5.73. The van der Waals surface area contributed by atoms with Crippen LogP contribution in [0.2, 0.25) is 0 Å². The van der Waals surface area contributed by atoms with E-state index in [9.17, 15) is 13.6 Å². The molecule has 1 saturated carbocycles. The second-order valence-corrected chi connectivity index (χ2v) is 9.21. The summed E-state index contributed by atoms with van der Waals surface area (Å²) in [7, 11) is 0. The monoisotopic (exact) mass is 458 g/mol. The number of hydrogen-bond acceptors (Lipinski definition) is 7. The number of carbonyl (C=O) groups is 1. The van der Waals surface area contributed by atoms with E-state index in [1.54, 1.807) is 6.07 Å². The zero-order chi connectivity index (χ0) is 23.0. The number of rotatable bonds is 4. The number of hydrogen-bond donors (Lipinski definition) is 0. The van der Waals surface area contributed by atoms with Crippen LogP contribution in [0.1, 0.15) is 26.2 Å². The molecule has 2 aliphatic heterocycles. The summed E-state index contributed by atoms with van der Waals surface area (Å²) in [6.45, 7) is 7.07. The molecule has 3 aliphatic rings. The smallest absolute Gasteiger partial charge is 0.409 e. The summed E-state index contributed by atoms with van der Waals surface area (Å²) >= 11 is 0. The SMILES string of the molecule is CCOC(=O)N1CC2(CC[C@@H](N3CCN(c4ncc(F)cc4-c4ccnc(F)n4)CC3)C2)C1. The molecule has 0 unspecified atom stereocenters. The van der Waals surface area contributed by atoms with Crippen LogP contribution in [0.4, 0.5) is 19.4 Å². The normalized spacial score (nSPS) is 22.5. The molecule has 10 heteroatoms. The van der Waals surface area contributed by atoms with Gasteiger partial charge in [-0.25, -0.2) is 24.1 Å². The minimum Gasteiger partial charge on any atom is -0.450 e. The third kappa shape index (κ3) is 4.36. The van der Waals surface area contributed by atoms with E-state index in [0.717, 1.165) is 58.5 Å². The van der Waals surface area contributed by atoms with Crippen molar-refractivity contribution in [2.75, 3.05) is 50.8 Å². The van der Waals surface area contributed by atoms with Crippen LogP contribution < -0.4 is 4.90 Å². The number of pyridine rings is 1. The lowest BCUT2D eigenvalue weighted by molar-refractivity contribution is -0.00294. The molecule has 1 amide bonds. The van der Waals surface area contributed by atoms with Crippen molar-refractivity contribution in [2.45, 2.75) is 32.2 Å². The molecular weight excluding hydrogens is 430 g/mol. The highest BCUT2D eigenvalue weighted by Gasteiger charge is 2.51. The van der Waals surface area contributed by atoms with Crippen LogP contribution >= 0.6 is 0 Å². The van der Waals surface area contributed by atoms with Gasteiger partial charge in [0, 0.05) is 62.5 Å². The van der Waals surface area contributed by atoms with Gasteiger partial charge in [-0.3, -0.25) is 4.90 Å². The van der Waals surface area contributed by atoms with Gasteiger partial charge in [-0.15, -0.1) is 0 Å².